The van der Waals surface area contributed by atoms with E-state index in [0.29, 0.717) is 6.04 Å². The zero-order valence-corrected chi connectivity index (χ0v) is 14.1. The van der Waals surface area contributed by atoms with E-state index in [1.165, 1.54) is 5.69 Å². The SMILES string of the molecule is CN(c1ccccc1)C1CCN(C(=O)C(N)c2ccccc2)CC1. The van der Waals surface area contributed by atoms with Gasteiger partial charge in [0.25, 0.3) is 0 Å². The average Bonchev–Trinajstić information content (AvgIpc) is 2.68. The monoisotopic (exact) mass is 323 g/mol. The number of hydrogen-bond acceptors (Lipinski definition) is 3. The van der Waals surface area contributed by atoms with E-state index in [9.17, 15) is 4.79 Å². The van der Waals surface area contributed by atoms with Crippen molar-refractivity contribution in [3.05, 3.63) is 66.2 Å². The Balaban J connectivity index is 1.58. The van der Waals surface area contributed by atoms with Crippen LogP contribution in [0.1, 0.15) is 24.4 Å². The minimum Gasteiger partial charge on any atom is -0.371 e. The van der Waals surface area contributed by atoms with Crippen molar-refractivity contribution in [2.24, 2.45) is 5.73 Å². The molecule has 0 radical (unpaired) electrons. The van der Waals surface area contributed by atoms with Gasteiger partial charge in [-0.05, 0) is 30.5 Å². The molecule has 1 unspecified atom stereocenters. The second-order valence-electron chi connectivity index (χ2n) is 6.39. The minimum absolute atomic E-state index is 0.0296. The molecule has 4 nitrogen and oxygen atoms in total. The first-order valence-corrected chi connectivity index (χ1v) is 8.54. The molecule has 1 aliphatic heterocycles. The molecule has 1 fully saturated rings. The van der Waals surface area contributed by atoms with E-state index in [-0.39, 0.29) is 5.91 Å². The summed E-state index contributed by atoms with van der Waals surface area (Å²) in [6.45, 7) is 1.53. The Morgan fingerprint density at radius 1 is 1.04 bits per heavy atom. The van der Waals surface area contributed by atoms with E-state index in [1.807, 2.05) is 41.3 Å². The number of rotatable bonds is 4. The number of carbonyl (C=O) groups is 1. The van der Waals surface area contributed by atoms with Gasteiger partial charge in [0, 0.05) is 31.9 Å². The van der Waals surface area contributed by atoms with Crippen LogP contribution in [0.2, 0.25) is 0 Å². The molecule has 2 N–H and O–H groups in total. The molecule has 4 heteroatoms. The summed E-state index contributed by atoms with van der Waals surface area (Å²) >= 11 is 0. The third kappa shape index (κ3) is 3.60. The first-order chi connectivity index (χ1) is 11.7. The molecule has 1 saturated heterocycles. The third-order valence-corrected chi connectivity index (χ3v) is 4.91. The van der Waals surface area contributed by atoms with Crippen LogP contribution in [0.4, 0.5) is 5.69 Å². The number of carbonyl (C=O) groups excluding carboxylic acids is 1. The van der Waals surface area contributed by atoms with Crippen molar-refractivity contribution in [1.29, 1.82) is 0 Å². The van der Waals surface area contributed by atoms with Gasteiger partial charge in [-0.3, -0.25) is 4.79 Å². The van der Waals surface area contributed by atoms with Crippen LogP contribution >= 0.6 is 0 Å². The Bertz CT molecular complexity index is 651. The van der Waals surface area contributed by atoms with Crippen molar-refractivity contribution >= 4 is 11.6 Å². The zero-order chi connectivity index (χ0) is 16.9. The molecule has 0 spiro atoms. The summed E-state index contributed by atoms with van der Waals surface area (Å²) in [6.07, 6.45) is 1.94. The van der Waals surface area contributed by atoms with Crippen LogP contribution in [-0.4, -0.2) is 37.0 Å². The molecule has 0 bridgehead atoms. The fourth-order valence-corrected chi connectivity index (χ4v) is 3.35. The standard InChI is InChI=1S/C20H25N3O/c1-22(17-10-6-3-7-11-17)18-12-14-23(15-13-18)20(24)19(21)16-8-4-2-5-9-16/h2-11,18-19H,12-15,21H2,1H3. The van der Waals surface area contributed by atoms with Crippen LogP contribution in [0.3, 0.4) is 0 Å². The maximum absolute atomic E-state index is 12.6. The van der Waals surface area contributed by atoms with Gasteiger partial charge in [0.2, 0.25) is 5.91 Å². The normalized spacial score (nSPS) is 16.7. The van der Waals surface area contributed by atoms with Gasteiger partial charge in [-0.15, -0.1) is 0 Å². The molecule has 1 atom stereocenters. The largest absolute Gasteiger partial charge is 0.371 e. The molecule has 2 aromatic carbocycles. The molecule has 126 valence electrons. The second kappa shape index (κ2) is 7.49. The van der Waals surface area contributed by atoms with Gasteiger partial charge < -0.3 is 15.5 Å². The predicted molar refractivity (Wildman–Crippen MR) is 97.8 cm³/mol. The highest BCUT2D eigenvalue weighted by Crippen LogP contribution is 2.23. The third-order valence-electron chi connectivity index (χ3n) is 4.91. The summed E-state index contributed by atoms with van der Waals surface area (Å²) in [5.74, 6) is 0.0296. The van der Waals surface area contributed by atoms with Crippen LogP contribution < -0.4 is 10.6 Å². The Labute approximate surface area is 143 Å². The van der Waals surface area contributed by atoms with E-state index in [1.54, 1.807) is 0 Å². The maximum atomic E-state index is 12.6. The number of nitrogens with two attached hydrogens (primary N) is 1. The van der Waals surface area contributed by atoms with Gasteiger partial charge in [-0.25, -0.2) is 0 Å². The number of para-hydroxylation sites is 1. The number of amides is 1. The van der Waals surface area contributed by atoms with Crippen LogP contribution in [0, 0.1) is 0 Å². The predicted octanol–water partition coefficient (Wildman–Crippen LogP) is 2.81. The van der Waals surface area contributed by atoms with Crippen molar-refractivity contribution in [1.82, 2.24) is 4.90 Å². The number of benzene rings is 2. The minimum atomic E-state index is -0.561. The molecule has 2 aromatic rings. The molecule has 0 aliphatic carbocycles. The van der Waals surface area contributed by atoms with Crippen LogP contribution in [0.15, 0.2) is 60.7 Å². The molecular weight excluding hydrogens is 298 g/mol. The van der Waals surface area contributed by atoms with Crippen molar-refractivity contribution < 1.29 is 4.79 Å². The topological polar surface area (TPSA) is 49.6 Å². The summed E-state index contributed by atoms with van der Waals surface area (Å²) in [6, 6.07) is 19.9. The molecule has 1 heterocycles. The highest BCUT2D eigenvalue weighted by atomic mass is 16.2. The quantitative estimate of drug-likeness (QED) is 0.941. The summed E-state index contributed by atoms with van der Waals surface area (Å²) in [5, 5.41) is 0. The first kappa shape index (κ1) is 16.5. The lowest BCUT2D eigenvalue weighted by molar-refractivity contribution is -0.133. The molecular formula is C20H25N3O. The van der Waals surface area contributed by atoms with Crippen molar-refractivity contribution in [2.45, 2.75) is 24.9 Å². The first-order valence-electron chi connectivity index (χ1n) is 8.54. The summed E-state index contributed by atoms with van der Waals surface area (Å²) in [7, 11) is 2.13. The Morgan fingerprint density at radius 3 is 2.17 bits per heavy atom. The highest BCUT2D eigenvalue weighted by Gasteiger charge is 2.28. The van der Waals surface area contributed by atoms with Gasteiger partial charge in [0.1, 0.15) is 6.04 Å². The van der Waals surface area contributed by atoms with Gasteiger partial charge in [-0.2, -0.15) is 0 Å². The van der Waals surface area contributed by atoms with E-state index in [4.69, 9.17) is 5.73 Å². The van der Waals surface area contributed by atoms with E-state index >= 15 is 0 Å². The Kier molecular flexibility index (Phi) is 5.16. The molecule has 0 saturated carbocycles. The molecule has 0 aromatic heterocycles. The summed E-state index contributed by atoms with van der Waals surface area (Å²) in [5.41, 5.74) is 8.26. The lowest BCUT2D eigenvalue weighted by Crippen LogP contribution is -2.48. The number of likely N-dealkylation sites (tertiary alicyclic amines) is 1. The number of nitrogens with zero attached hydrogens (tertiary/aromatic N) is 2. The van der Waals surface area contributed by atoms with Gasteiger partial charge in [0.15, 0.2) is 0 Å². The van der Waals surface area contributed by atoms with Gasteiger partial charge in [0.05, 0.1) is 0 Å². The number of anilines is 1. The van der Waals surface area contributed by atoms with Crippen LogP contribution in [0.5, 0.6) is 0 Å². The van der Waals surface area contributed by atoms with Crippen LogP contribution in [-0.2, 0) is 4.79 Å². The number of piperidine rings is 1. The van der Waals surface area contributed by atoms with Crippen molar-refractivity contribution in [3.8, 4) is 0 Å². The van der Waals surface area contributed by atoms with Crippen molar-refractivity contribution in [3.63, 3.8) is 0 Å². The van der Waals surface area contributed by atoms with Crippen molar-refractivity contribution in [2.75, 3.05) is 25.0 Å². The average molecular weight is 323 g/mol. The van der Waals surface area contributed by atoms with E-state index in [2.05, 4.69) is 36.2 Å². The second-order valence-corrected chi connectivity index (χ2v) is 6.39. The lowest BCUT2D eigenvalue weighted by atomic mass is 10.0. The summed E-state index contributed by atoms with van der Waals surface area (Å²) < 4.78 is 0. The van der Waals surface area contributed by atoms with Crippen LogP contribution in [0.25, 0.3) is 0 Å². The Morgan fingerprint density at radius 2 is 1.58 bits per heavy atom. The Hall–Kier alpha value is -2.33. The maximum Gasteiger partial charge on any atom is 0.244 e. The number of hydrogen-bond donors (Lipinski definition) is 1. The fourth-order valence-electron chi connectivity index (χ4n) is 3.35. The molecule has 1 aliphatic rings. The fraction of sp³-hybridized carbons (Fsp3) is 0.350. The van der Waals surface area contributed by atoms with E-state index in [0.717, 1.165) is 31.5 Å². The van der Waals surface area contributed by atoms with E-state index < -0.39 is 6.04 Å². The zero-order valence-electron chi connectivity index (χ0n) is 14.1. The van der Waals surface area contributed by atoms with Gasteiger partial charge in [-0.1, -0.05) is 48.5 Å². The lowest BCUT2D eigenvalue weighted by Gasteiger charge is -2.38. The smallest absolute Gasteiger partial charge is 0.244 e. The molecule has 1 amide bonds. The van der Waals surface area contributed by atoms with Gasteiger partial charge >= 0.3 is 0 Å². The molecule has 3 rings (SSSR count). The molecule has 24 heavy (non-hydrogen) atoms. The highest BCUT2D eigenvalue weighted by molar-refractivity contribution is 5.83. The summed E-state index contributed by atoms with van der Waals surface area (Å²) in [4.78, 5) is 16.9.